The van der Waals surface area contributed by atoms with E-state index in [2.05, 4.69) is 0 Å². The van der Waals surface area contributed by atoms with Crippen LogP contribution in [0.3, 0.4) is 0 Å². The molecule has 0 radical (unpaired) electrons. The van der Waals surface area contributed by atoms with Gasteiger partial charge in [-0.1, -0.05) is 6.07 Å². The highest BCUT2D eigenvalue weighted by molar-refractivity contribution is 5.99. The molecule has 0 atom stereocenters. The molecule has 1 aromatic carbocycles. The first-order chi connectivity index (χ1) is 8.66. The Balaban J connectivity index is 3.08. The van der Waals surface area contributed by atoms with E-state index in [1.54, 1.807) is 13.8 Å². The summed E-state index contributed by atoms with van der Waals surface area (Å²) in [6, 6.07) is 2.98. The molecule has 0 fully saturated rings. The van der Waals surface area contributed by atoms with E-state index >= 15 is 0 Å². The zero-order valence-electron chi connectivity index (χ0n) is 10.5. The number of ketones is 1. The fourth-order valence-corrected chi connectivity index (χ4v) is 1.60. The lowest BCUT2D eigenvalue weighted by atomic mass is 9.97. The average molecular weight is 273 g/mol. The predicted octanol–water partition coefficient (Wildman–Crippen LogP) is 2.53. The number of nitrogens with two attached hydrogens (primary N) is 1. The van der Waals surface area contributed by atoms with Gasteiger partial charge in [0.15, 0.2) is 0 Å². The molecule has 3 nitrogen and oxygen atoms in total. The van der Waals surface area contributed by atoms with Crippen LogP contribution in [0.1, 0.15) is 16.7 Å². The van der Waals surface area contributed by atoms with Gasteiger partial charge in [0.05, 0.1) is 0 Å². The number of allylic oxidation sites excluding steroid dienone is 1. The molecule has 0 unspecified atom stereocenters. The van der Waals surface area contributed by atoms with Crippen molar-refractivity contribution in [2.75, 3.05) is 0 Å². The molecule has 1 aromatic rings. The number of carbonyl (C=O) groups is 1. The number of hydrogen-bond acceptors (Lipinski definition) is 3. The quantitative estimate of drug-likeness (QED) is 0.832. The lowest BCUT2D eigenvalue weighted by Crippen LogP contribution is -2.26. The number of phenols is 1. The number of Topliss-reactive ketones (excluding diaryl/α,β-unsaturated/α-hetero) is 1. The fraction of sp³-hybridized carbons (Fsp3) is 0.308. The summed E-state index contributed by atoms with van der Waals surface area (Å²) in [5, 5.41) is 9.68. The molecule has 1 rings (SSSR count). The van der Waals surface area contributed by atoms with Crippen LogP contribution in [0.25, 0.3) is 0 Å². The van der Waals surface area contributed by atoms with Crippen LogP contribution in [0.2, 0.25) is 0 Å². The third-order valence-corrected chi connectivity index (χ3v) is 2.83. The lowest BCUT2D eigenvalue weighted by molar-refractivity contribution is -0.166. The smallest absolute Gasteiger partial charge is 0.454 e. The summed E-state index contributed by atoms with van der Waals surface area (Å²) in [7, 11) is 0. The molecule has 0 aliphatic carbocycles. The van der Waals surface area contributed by atoms with Crippen molar-refractivity contribution in [2.45, 2.75) is 26.4 Å². The van der Waals surface area contributed by atoms with Gasteiger partial charge in [0.2, 0.25) is 0 Å². The predicted molar refractivity (Wildman–Crippen MR) is 64.6 cm³/mol. The Morgan fingerprint density at radius 1 is 1.32 bits per heavy atom. The number of aryl methyl sites for hydroxylation is 2. The fourth-order valence-electron chi connectivity index (χ4n) is 1.60. The van der Waals surface area contributed by atoms with Crippen LogP contribution in [0, 0.1) is 13.8 Å². The standard InChI is InChI=1S/C13H14F3NO2/c1-7-3-9(11(18)4-8(7)2)5-10(6-17)12(19)13(14,15)16/h3-4,6,18H,5,17H2,1-2H3/b10-6+. The topological polar surface area (TPSA) is 63.3 Å². The second-order valence-corrected chi connectivity index (χ2v) is 4.26. The van der Waals surface area contributed by atoms with Gasteiger partial charge >= 0.3 is 6.18 Å². The van der Waals surface area contributed by atoms with Gasteiger partial charge in [-0.15, -0.1) is 0 Å². The Kier molecular flexibility index (Phi) is 4.24. The van der Waals surface area contributed by atoms with Crippen molar-refractivity contribution in [3.63, 3.8) is 0 Å². The average Bonchev–Trinajstić information content (AvgIpc) is 2.30. The van der Waals surface area contributed by atoms with Crippen molar-refractivity contribution in [1.82, 2.24) is 0 Å². The first-order valence-electron chi connectivity index (χ1n) is 5.48. The molecular formula is C13H14F3NO2. The van der Waals surface area contributed by atoms with Crippen molar-refractivity contribution >= 4 is 5.78 Å². The van der Waals surface area contributed by atoms with Gasteiger partial charge in [-0.2, -0.15) is 13.2 Å². The summed E-state index contributed by atoms with van der Waals surface area (Å²) in [6.07, 6.45) is -4.70. The minimum absolute atomic E-state index is 0.155. The molecule has 0 aliphatic heterocycles. The second-order valence-electron chi connectivity index (χ2n) is 4.26. The number of benzene rings is 1. The summed E-state index contributed by atoms with van der Waals surface area (Å²) in [4.78, 5) is 11.1. The van der Waals surface area contributed by atoms with E-state index < -0.39 is 17.5 Å². The minimum Gasteiger partial charge on any atom is -0.508 e. The molecule has 0 saturated carbocycles. The van der Waals surface area contributed by atoms with E-state index in [0.29, 0.717) is 6.20 Å². The molecule has 104 valence electrons. The maximum absolute atomic E-state index is 12.3. The van der Waals surface area contributed by atoms with Crippen molar-refractivity contribution in [3.8, 4) is 5.75 Å². The number of carbonyl (C=O) groups excluding carboxylic acids is 1. The Morgan fingerprint density at radius 2 is 1.84 bits per heavy atom. The molecule has 19 heavy (non-hydrogen) atoms. The zero-order chi connectivity index (χ0) is 14.8. The van der Waals surface area contributed by atoms with E-state index in [9.17, 15) is 23.1 Å². The number of alkyl halides is 3. The third-order valence-electron chi connectivity index (χ3n) is 2.83. The molecule has 0 bridgehead atoms. The molecule has 0 aliphatic rings. The highest BCUT2D eigenvalue weighted by Gasteiger charge is 2.40. The summed E-state index contributed by atoms with van der Waals surface area (Å²) < 4.78 is 37.0. The van der Waals surface area contributed by atoms with Gasteiger partial charge in [-0.05, 0) is 36.6 Å². The van der Waals surface area contributed by atoms with Crippen molar-refractivity contribution in [1.29, 1.82) is 0 Å². The highest BCUT2D eigenvalue weighted by atomic mass is 19.4. The van der Waals surface area contributed by atoms with Crippen molar-refractivity contribution in [2.24, 2.45) is 5.73 Å². The van der Waals surface area contributed by atoms with Crippen LogP contribution < -0.4 is 5.73 Å². The Morgan fingerprint density at radius 3 is 2.32 bits per heavy atom. The monoisotopic (exact) mass is 273 g/mol. The molecule has 3 N–H and O–H groups in total. The highest BCUT2D eigenvalue weighted by Crippen LogP contribution is 2.27. The normalized spacial score (nSPS) is 12.6. The first-order valence-corrected chi connectivity index (χ1v) is 5.48. The van der Waals surface area contributed by atoms with E-state index in [4.69, 9.17) is 5.73 Å². The van der Waals surface area contributed by atoms with Crippen LogP contribution in [-0.2, 0) is 11.2 Å². The van der Waals surface area contributed by atoms with E-state index in [1.165, 1.54) is 12.1 Å². The minimum atomic E-state index is -4.97. The molecule has 0 spiro atoms. The lowest BCUT2D eigenvalue weighted by Gasteiger charge is -2.12. The molecule has 0 heterocycles. The molecular weight excluding hydrogens is 259 g/mol. The summed E-state index contributed by atoms with van der Waals surface area (Å²) >= 11 is 0. The van der Waals surface area contributed by atoms with E-state index in [0.717, 1.165) is 11.1 Å². The van der Waals surface area contributed by atoms with Gasteiger partial charge in [-0.3, -0.25) is 4.79 Å². The van der Waals surface area contributed by atoms with Crippen LogP contribution in [0.15, 0.2) is 23.9 Å². The first kappa shape index (κ1) is 15.1. The number of phenolic OH excluding ortho intramolecular Hbond substituents is 1. The van der Waals surface area contributed by atoms with Gasteiger partial charge in [0.25, 0.3) is 5.78 Å². The van der Waals surface area contributed by atoms with E-state index in [-0.39, 0.29) is 17.7 Å². The number of aromatic hydroxyl groups is 1. The maximum Gasteiger partial charge on any atom is 0.454 e. The summed E-state index contributed by atoms with van der Waals surface area (Å²) in [5.74, 6) is -2.15. The third kappa shape index (κ3) is 3.49. The van der Waals surface area contributed by atoms with Gasteiger partial charge < -0.3 is 10.8 Å². The number of rotatable bonds is 3. The summed E-state index contributed by atoms with van der Waals surface area (Å²) in [6.45, 7) is 3.52. The molecule has 0 saturated heterocycles. The number of hydrogen-bond donors (Lipinski definition) is 2. The van der Waals surface area contributed by atoms with Crippen LogP contribution in [-0.4, -0.2) is 17.1 Å². The van der Waals surface area contributed by atoms with Crippen LogP contribution >= 0.6 is 0 Å². The van der Waals surface area contributed by atoms with Gasteiger partial charge in [-0.25, -0.2) is 0 Å². The SMILES string of the molecule is Cc1cc(O)c(C/C(=C\N)C(=O)C(F)(F)F)cc1C. The van der Waals surface area contributed by atoms with Gasteiger partial charge in [0, 0.05) is 18.2 Å². The zero-order valence-corrected chi connectivity index (χ0v) is 10.5. The van der Waals surface area contributed by atoms with Crippen LogP contribution in [0.5, 0.6) is 5.75 Å². The molecule has 0 aromatic heterocycles. The molecule has 0 amide bonds. The van der Waals surface area contributed by atoms with Crippen molar-refractivity contribution in [3.05, 3.63) is 40.6 Å². The van der Waals surface area contributed by atoms with E-state index in [1.807, 2.05) is 0 Å². The largest absolute Gasteiger partial charge is 0.508 e. The second kappa shape index (κ2) is 5.34. The molecule has 6 heteroatoms. The van der Waals surface area contributed by atoms with Crippen molar-refractivity contribution < 1.29 is 23.1 Å². The Labute approximate surface area is 108 Å². The van der Waals surface area contributed by atoms with Gasteiger partial charge in [0.1, 0.15) is 5.75 Å². The Hall–Kier alpha value is -1.98. The number of halogens is 3. The maximum atomic E-state index is 12.3. The Bertz CT molecular complexity index is 533. The summed E-state index contributed by atoms with van der Waals surface area (Å²) in [5.41, 5.74) is 6.33. The van der Waals surface area contributed by atoms with Crippen LogP contribution in [0.4, 0.5) is 13.2 Å².